The minimum atomic E-state index is -4.30. The first-order valence-corrected chi connectivity index (χ1v) is 6.43. The number of aromatic nitrogens is 1. The van der Waals surface area contributed by atoms with E-state index in [0.717, 1.165) is 17.2 Å². The molecule has 1 aromatic carbocycles. The second-order valence-corrected chi connectivity index (χ2v) is 5.12. The average molecular weight is 330 g/mol. The smallest absolute Gasteiger partial charge is 0.249 e. The largest absolute Gasteiger partial charge is 0.416 e. The van der Waals surface area contributed by atoms with Gasteiger partial charge in [0.15, 0.2) is 0 Å². The molecule has 0 aliphatic heterocycles. The van der Waals surface area contributed by atoms with Gasteiger partial charge in [-0.15, -0.1) is 0 Å². The number of aryl methyl sites for hydroxylation is 1. The Morgan fingerprint density at radius 2 is 1.95 bits per heavy atom. The third kappa shape index (κ3) is 3.56. The minimum absolute atomic E-state index is 0.455. The number of pyridine rings is 1. The van der Waals surface area contributed by atoms with Gasteiger partial charge in [-0.25, -0.2) is 4.98 Å². The topological polar surface area (TPSA) is 12.9 Å². The van der Waals surface area contributed by atoms with Gasteiger partial charge in [-0.1, -0.05) is 18.2 Å². The Hall–Kier alpha value is -1.36. The van der Waals surface area contributed by atoms with Crippen molar-refractivity contribution in [1.29, 1.82) is 0 Å². The molecular weight excluding hydrogens is 319 g/mol. The highest BCUT2D eigenvalue weighted by molar-refractivity contribution is 9.10. The number of nitrogens with zero attached hydrogens (tertiary/aromatic N) is 1. The van der Waals surface area contributed by atoms with Crippen LogP contribution < -0.4 is 0 Å². The molecule has 2 aromatic rings. The number of alkyl halides is 3. The van der Waals surface area contributed by atoms with Crippen LogP contribution in [-0.4, -0.2) is 4.98 Å². The van der Waals surface area contributed by atoms with Crippen molar-refractivity contribution in [3.05, 3.63) is 63.4 Å². The van der Waals surface area contributed by atoms with E-state index in [1.54, 1.807) is 12.3 Å². The van der Waals surface area contributed by atoms with Gasteiger partial charge in [0, 0.05) is 6.20 Å². The van der Waals surface area contributed by atoms with E-state index in [-0.39, 0.29) is 0 Å². The van der Waals surface area contributed by atoms with Gasteiger partial charge in [0.05, 0.1) is 5.56 Å². The molecule has 100 valence electrons. The lowest BCUT2D eigenvalue weighted by Gasteiger charge is -2.10. The van der Waals surface area contributed by atoms with Gasteiger partial charge in [0.1, 0.15) is 4.60 Å². The molecule has 0 saturated carbocycles. The molecule has 0 aliphatic carbocycles. The maximum absolute atomic E-state index is 12.6. The number of rotatable bonds is 2. The molecule has 0 fully saturated rings. The monoisotopic (exact) mass is 329 g/mol. The molecule has 0 atom stereocenters. The van der Waals surface area contributed by atoms with Gasteiger partial charge in [-0.3, -0.25) is 0 Å². The van der Waals surface area contributed by atoms with Crippen LogP contribution in [0.2, 0.25) is 0 Å². The van der Waals surface area contributed by atoms with Crippen molar-refractivity contribution in [2.45, 2.75) is 19.5 Å². The quantitative estimate of drug-likeness (QED) is 0.724. The molecule has 5 heteroatoms. The SMILES string of the molecule is Cc1cnc(Br)cc1Cc1cccc(C(F)(F)F)c1. The van der Waals surface area contributed by atoms with Gasteiger partial charge < -0.3 is 0 Å². The lowest BCUT2D eigenvalue weighted by atomic mass is 10.0. The van der Waals surface area contributed by atoms with E-state index in [4.69, 9.17) is 0 Å². The van der Waals surface area contributed by atoms with E-state index >= 15 is 0 Å². The first-order chi connectivity index (χ1) is 8.86. The van der Waals surface area contributed by atoms with E-state index < -0.39 is 11.7 Å². The van der Waals surface area contributed by atoms with E-state index in [2.05, 4.69) is 20.9 Å². The summed E-state index contributed by atoms with van der Waals surface area (Å²) in [5.74, 6) is 0. The zero-order chi connectivity index (χ0) is 14.0. The Labute approximate surface area is 117 Å². The molecule has 1 aromatic heterocycles. The van der Waals surface area contributed by atoms with Crippen molar-refractivity contribution in [2.75, 3.05) is 0 Å². The summed E-state index contributed by atoms with van der Waals surface area (Å²) < 4.78 is 38.6. The van der Waals surface area contributed by atoms with Gasteiger partial charge in [-0.05, 0) is 58.1 Å². The normalized spacial score (nSPS) is 11.6. The fraction of sp³-hybridized carbons (Fsp3) is 0.214. The number of benzene rings is 1. The van der Waals surface area contributed by atoms with E-state index in [1.807, 2.05) is 13.0 Å². The molecule has 1 nitrogen and oxygen atoms in total. The number of halogens is 4. The van der Waals surface area contributed by atoms with Gasteiger partial charge in [0.2, 0.25) is 0 Å². The summed E-state index contributed by atoms with van der Waals surface area (Å²) in [7, 11) is 0. The molecule has 0 radical (unpaired) electrons. The fourth-order valence-corrected chi connectivity index (χ4v) is 2.18. The van der Waals surface area contributed by atoms with Crippen molar-refractivity contribution < 1.29 is 13.2 Å². The van der Waals surface area contributed by atoms with Crippen LogP contribution in [0, 0.1) is 6.92 Å². The highest BCUT2D eigenvalue weighted by Gasteiger charge is 2.30. The second kappa shape index (κ2) is 5.33. The van der Waals surface area contributed by atoms with Crippen molar-refractivity contribution in [1.82, 2.24) is 4.98 Å². The van der Waals surface area contributed by atoms with Crippen LogP contribution in [0.25, 0.3) is 0 Å². The molecule has 0 N–H and O–H groups in total. The molecule has 19 heavy (non-hydrogen) atoms. The molecule has 0 spiro atoms. The fourth-order valence-electron chi connectivity index (χ4n) is 1.80. The Kier molecular flexibility index (Phi) is 3.94. The third-order valence-corrected chi connectivity index (χ3v) is 3.26. The van der Waals surface area contributed by atoms with Crippen LogP contribution in [0.1, 0.15) is 22.3 Å². The van der Waals surface area contributed by atoms with Crippen molar-refractivity contribution in [2.24, 2.45) is 0 Å². The maximum Gasteiger partial charge on any atom is 0.416 e. The zero-order valence-electron chi connectivity index (χ0n) is 10.1. The molecule has 0 unspecified atom stereocenters. The Bertz CT molecular complexity index is 593. The third-order valence-electron chi connectivity index (χ3n) is 2.83. The first kappa shape index (κ1) is 14.1. The number of hydrogen-bond acceptors (Lipinski definition) is 1. The Morgan fingerprint density at radius 3 is 2.63 bits per heavy atom. The van der Waals surface area contributed by atoms with Gasteiger partial charge >= 0.3 is 6.18 Å². The number of hydrogen-bond donors (Lipinski definition) is 0. The summed E-state index contributed by atoms with van der Waals surface area (Å²) in [5, 5.41) is 0. The van der Waals surface area contributed by atoms with Gasteiger partial charge in [0.25, 0.3) is 0 Å². The molecule has 0 bridgehead atoms. The predicted molar refractivity (Wildman–Crippen MR) is 70.9 cm³/mol. The van der Waals surface area contributed by atoms with Crippen LogP contribution >= 0.6 is 15.9 Å². The van der Waals surface area contributed by atoms with Crippen LogP contribution in [0.15, 0.2) is 41.1 Å². The van der Waals surface area contributed by atoms with Gasteiger partial charge in [-0.2, -0.15) is 13.2 Å². The molecule has 1 heterocycles. The Morgan fingerprint density at radius 1 is 1.21 bits per heavy atom. The molecule has 0 amide bonds. The molecule has 0 aliphatic rings. The Balaban J connectivity index is 2.31. The van der Waals surface area contributed by atoms with Crippen molar-refractivity contribution in [3.8, 4) is 0 Å². The summed E-state index contributed by atoms with van der Waals surface area (Å²) in [6.45, 7) is 1.89. The van der Waals surface area contributed by atoms with Crippen LogP contribution in [-0.2, 0) is 12.6 Å². The maximum atomic E-state index is 12.6. The molecule has 2 rings (SSSR count). The predicted octanol–water partition coefficient (Wildman–Crippen LogP) is 4.76. The van der Waals surface area contributed by atoms with E-state index in [9.17, 15) is 13.2 Å². The minimum Gasteiger partial charge on any atom is -0.249 e. The first-order valence-electron chi connectivity index (χ1n) is 5.63. The average Bonchev–Trinajstić information content (AvgIpc) is 2.33. The lowest BCUT2D eigenvalue weighted by Crippen LogP contribution is -2.05. The molecular formula is C14H11BrF3N. The summed E-state index contributed by atoms with van der Waals surface area (Å²) in [5.41, 5.74) is 1.94. The highest BCUT2D eigenvalue weighted by Crippen LogP contribution is 2.30. The standard InChI is InChI=1S/C14H11BrF3N/c1-9-8-19-13(15)7-11(9)5-10-3-2-4-12(6-10)14(16,17)18/h2-4,6-8H,5H2,1H3. The highest BCUT2D eigenvalue weighted by atomic mass is 79.9. The zero-order valence-corrected chi connectivity index (χ0v) is 11.7. The summed E-state index contributed by atoms with van der Waals surface area (Å²) in [4.78, 5) is 4.07. The van der Waals surface area contributed by atoms with Crippen LogP contribution in [0.4, 0.5) is 13.2 Å². The summed E-state index contributed by atoms with van der Waals surface area (Å²) in [6.07, 6.45) is -2.15. The summed E-state index contributed by atoms with van der Waals surface area (Å²) >= 11 is 3.26. The van der Waals surface area contributed by atoms with Crippen molar-refractivity contribution in [3.63, 3.8) is 0 Å². The van der Waals surface area contributed by atoms with E-state index in [0.29, 0.717) is 16.6 Å². The molecule has 0 saturated heterocycles. The van der Waals surface area contributed by atoms with Crippen LogP contribution in [0.3, 0.4) is 0 Å². The van der Waals surface area contributed by atoms with Crippen LogP contribution in [0.5, 0.6) is 0 Å². The second-order valence-electron chi connectivity index (χ2n) is 4.31. The van der Waals surface area contributed by atoms with Crippen molar-refractivity contribution >= 4 is 15.9 Å². The lowest BCUT2D eigenvalue weighted by molar-refractivity contribution is -0.137. The van der Waals surface area contributed by atoms with E-state index in [1.165, 1.54) is 12.1 Å². The summed E-state index contributed by atoms with van der Waals surface area (Å²) in [6, 6.07) is 7.23.